The fourth-order valence-corrected chi connectivity index (χ4v) is 4.35. The van der Waals surface area contributed by atoms with Crippen molar-refractivity contribution in [2.45, 2.75) is 37.8 Å². The molecule has 0 aliphatic carbocycles. The number of rotatable bonds is 9. The van der Waals surface area contributed by atoms with Gasteiger partial charge in [-0.05, 0) is 29.2 Å². The van der Waals surface area contributed by atoms with Crippen molar-refractivity contribution in [2.24, 2.45) is 0 Å². The number of hydrogen-bond acceptors (Lipinski definition) is 5. The lowest BCUT2D eigenvalue weighted by atomic mass is 9.99. The first-order valence-electron chi connectivity index (χ1n) is 10.1. The van der Waals surface area contributed by atoms with Crippen LogP contribution in [0.2, 0.25) is 0 Å². The first-order chi connectivity index (χ1) is 15.1. The average Bonchev–Trinajstić information content (AvgIpc) is 3.11. The largest absolute Gasteiger partial charge is 0.478 e. The van der Waals surface area contributed by atoms with Crippen molar-refractivity contribution in [2.75, 3.05) is 6.26 Å². The van der Waals surface area contributed by atoms with E-state index in [9.17, 15) is 28.2 Å². The molecule has 0 aliphatic rings. The maximum Gasteiger partial charge on any atom is 0.355 e. The van der Waals surface area contributed by atoms with Crippen molar-refractivity contribution in [1.29, 1.82) is 0 Å². The predicted molar refractivity (Wildman–Crippen MR) is 119 cm³/mol. The molecule has 8 nitrogen and oxygen atoms in total. The van der Waals surface area contributed by atoms with Gasteiger partial charge < -0.3 is 14.8 Å². The normalized spacial score (nSPS) is 11.4. The van der Waals surface area contributed by atoms with Crippen LogP contribution in [-0.2, 0) is 22.8 Å². The Labute approximate surface area is 186 Å². The third-order valence-electron chi connectivity index (χ3n) is 5.09. The van der Waals surface area contributed by atoms with Crippen molar-refractivity contribution in [3.8, 4) is 11.1 Å². The number of unbranched alkanes of at least 4 members (excludes halogenated alkanes) is 1. The molecule has 3 aromatic rings. The van der Waals surface area contributed by atoms with Crippen molar-refractivity contribution < 1.29 is 28.2 Å². The summed E-state index contributed by atoms with van der Waals surface area (Å²) in [6.07, 6.45) is 2.99. The molecular formula is C23H24N2O6S. The van der Waals surface area contributed by atoms with Gasteiger partial charge in [-0.3, -0.25) is 0 Å². The number of aryl methyl sites for hydroxylation is 1. The number of nitrogens with zero attached hydrogens (tertiary/aromatic N) is 2. The summed E-state index contributed by atoms with van der Waals surface area (Å²) in [5, 5.41) is 18.7. The second-order valence-corrected chi connectivity index (χ2v) is 9.43. The minimum Gasteiger partial charge on any atom is -0.478 e. The number of carboxylic acids is 2. The van der Waals surface area contributed by atoms with E-state index in [2.05, 4.69) is 4.98 Å². The molecule has 0 atom stereocenters. The van der Waals surface area contributed by atoms with E-state index < -0.39 is 26.8 Å². The summed E-state index contributed by atoms with van der Waals surface area (Å²) in [7, 11) is -3.82. The minimum atomic E-state index is -3.82. The van der Waals surface area contributed by atoms with E-state index in [0.717, 1.165) is 24.7 Å². The molecular weight excluding hydrogens is 432 g/mol. The van der Waals surface area contributed by atoms with Crippen LogP contribution in [0.1, 0.15) is 52.0 Å². The molecule has 0 spiro atoms. The second-order valence-electron chi connectivity index (χ2n) is 7.50. The Bertz CT molecular complexity index is 1260. The molecule has 0 saturated carbocycles. The summed E-state index contributed by atoms with van der Waals surface area (Å²) >= 11 is 0. The van der Waals surface area contributed by atoms with E-state index in [-0.39, 0.29) is 17.8 Å². The summed E-state index contributed by atoms with van der Waals surface area (Å²) in [6.45, 7) is 2.11. The van der Waals surface area contributed by atoms with Crippen LogP contribution < -0.4 is 0 Å². The van der Waals surface area contributed by atoms with Crippen molar-refractivity contribution in [1.82, 2.24) is 9.55 Å². The average molecular weight is 457 g/mol. The van der Waals surface area contributed by atoms with Crippen molar-refractivity contribution in [3.05, 3.63) is 71.2 Å². The van der Waals surface area contributed by atoms with Gasteiger partial charge in [0.2, 0.25) is 0 Å². The maximum atomic E-state index is 12.2. The maximum absolute atomic E-state index is 12.2. The Morgan fingerprint density at radius 2 is 1.66 bits per heavy atom. The van der Waals surface area contributed by atoms with Gasteiger partial charge in [-0.2, -0.15) is 0 Å². The molecule has 32 heavy (non-hydrogen) atoms. The highest BCUT2D eigenvalue weighted by molar-refractivity contribution is 7.90. The van der Waals surface area contributed by atoms with Gasteiger partial charge in [0.25, 0.3) is 0 Å². The van der Waals surface area contributed by atoms with Gasteiger partial charge in [-0.1, -0.05) is 55.8 Å². The lowest BCUT2D eigenvalue weighted by molar-refractivity contribution is 0.0675. The monoisotopic (exact) mass is 456 g/mol. The number of benzene rings is 2. The Morgan fingerprint density at radius 3 is 2.22 bits per heavy atom. The topological polar surface area (TPSA) is 127 Å². The van der Waals surface area contributed by atoms with E-state index in [1.165, 1.54) is 10.6 Å². The van der Waals surface area contributed by atoms with E-state index in [1.54, 1.807) is 42.5 Å². The first kappa shape index (κ1) is 23.2. The summed E-state index contributed by atoms with van der Waals surface area (Å²) in [5.41, 5.74) is 1.85. The first-order valence-corrected chi connectivity index (χ1v) is 12.0. The molecule has 0 bridgehead atoms. The van der Waals surface area contributed by atoms with Crippen LogP contribution >= 0.6 is 0 Å². The molecule has 168 valence electrons. The highest BCUT2D eigenvalue weighted by atomic mass is 32.2. The summed E-state index contributed by atoms with van der Waals surface area (Å²) in [4.78, 5) is 27.6. The van der Waals surface area contributed by atoms with Crippen molar-refractivity contribution >= 4 is 21.8 Å². The minimum absolute atomic E-state index is 0.129. The molecule has 2 N–H and O–H groups in total. The molecule has 0 fully saturated rings. The van der Waals surface area contributed by atoms with Crippen molar-refractivity contribution in [3.63, 3.8) is 0 Å². The van der Waals surface area contributed by atoms with Gasteiger partial charge >= 0.3 is 11.9 Å². The lowest BCUT2D eigenvalue weighted by Gasteiger charge is -2.12. The summed E-state index contributed by atoms with van der Waals surface area (Å²) < 4.78 is 25.7. The van der Waals surface area contributed by atoms with Gasteiger partial charge in [0.05, 0.1) is 5.56 Å². The van der Waals surface area contributed by atoms with E-state index in [4.69, 9.17) is 0 Å². The number of carbonyl (C=O) groups is 2. The predicted octanol–water partition coefficient (Wildman–Crippen LogP) is 3.74. The van der Waals surface area contributed by atoms with Crippen LogP contribution in [0.25, 0.3) is 11.1 Å². The molecule has 9 heteroatoms. The number of imidazole rings is 1. The van der Waals surface area contributed by atoms with E-state index in [0.29, 0.717) is 23.4 Å². The molecule has 1 heterocycles. The number of sulfone groups is 1. The molecule has 0 amide bonds. The standard InChI is InChI=1S/C23H24N2O6S/c1-3-4-9-19-24-21(32(2,30)31)20(23(28)29)25(19)14-15-10-12-16(13-11-15)17-7-5-6-8-18(17)22(26)27/h5-8,10-13H,3-4,9,14H2,1-2H3,(H,26,27)(H,28,29). The quantitative estimate of drug-likeness (QED) is 0.502. The number of hydrogen-bond donors (Lipinski definition) is 2. The van der Waals surface area contributed by atoms with Crippen LogP contribution in [0.15, 0.2) is 53.6 Å². The highest BCUT2D eigenvalue weighted by Gasteiger charge is 2.28. The molecule has 0 radical (unpaired) electrons. The Kier molecular flexibility index (Phi) is 6.78. The molecule has 3 rings (SSSR count). The number of aromatic carboxylic acids is 2. The second kappa shape index (κ2) is 9.35. The van der Waals surface area contributed by atoms with Gasteiger partial charge in [-0.25, -0.2) is 23.0 Å². The lowest BCUT2D eigenvalue weighted by Crippen LogP contribution is -2.15. The molecule has 0 unspecified atom stereocenters. The Balaban J connectivity index is 2.02. The zero-order valence-corrected chi connectivity index (χ0v) is 18.6. The molecule has 0 aliphatic heterocycles. The molecule has 2 aromatic carbocycles. The fraction of sp³-hybridized carbons (Fsp3) is 0.261. The van der Waals surface area contributed by atoms with Gasteiger partial charge in [0.15, 0.2) is 20.6 Å². The fourth-order valence-electron chi connectivity index (χ4n) is 3.53. The van der Waals surface area contributed by atoms with Gasteiger partial charge in [0, 0.05) is 19.2 Å². The Hall–Kier alpha value is -3.46. The van der Waals surface area contributed by atoms with E-state index >= 15 is 0 Å². The summed E-state index contributed by atoms with van der Waals surface area (Å²) in [5.74, 6) is -1.97. The zero-order valence-electron chi connectivity index (χ0n) is 17.8. The van der Waals surface area contributed by atoms with E-state index in [1.807, 2.05) is 6.92 Å². The van der Waals surface area contributed by atoms with Crippen LogP contribution in [-0.4, -0.2) is 46.4 Å². The Morgan fingerprint density at radius 1 is 1.00 bits per heavy atom. The smallest absolute Gasteiger partial charge is 0.355 e. The van der Waals surface area contributed by atoms with Crippen LogP contribution in [0.5, 0.6) is 0 Å². The zero-order chi connectivity index (χ0) is 23.5. The highest BCUT2D eigenvalue weighted by Crippen LogP contribution is 2.26. The third kappa shape index (κ3) is 4.88. The van der Waals surface area contributed by atoms with Gasteiger partial charge in [0.1, 0.15) is 5.82 Å². The number of carboxylic acid groups (broad SMARTS) is 2. The van der Waals surface area contributed by atoms with Crippen LogP contribution in [0.3, 0.4) is 0 Å². The summed E-state index contributed by atoms with van der Waals surface area (Å²) in [6, 6.07) is 13.7. The SMILES string of the molecule is CCCCc1nc(S(C)(=O)=O)c(C(=O)O)n1Cc1ccc(-c2ccccc2C(=O)O)cc1. The third-order valence-corrected chi connectivity index (χ3v) is 6.07. The molecule has 1 aromatic heterocycles. The molecule has 0 saturated heterocycles. The van der Waals surface area contributed by atoms with Crippen LogP contribution in [0.4, 0.5) is 0 Å². The van der Waals surface area contributed by atoms with Gasteiger partial charge in [-0.15, -0.1) is 0 Å². The van der Waals surface area contributed by atoms with Crippen LogP contribution in [0, 0.1) is 0 Å². The number of aromatic nitrogens is 2.